The van der Waals surface area contributed by atoms with Gasteiger partial charge in [-0.05, 0) is 31.5 Å². The first kappa shape index (κ1) is 20.2. The van der Waals surface area contributed by atoms with Gasteiger partial charge in [0.2, 0.25) is 0 Å². The Bertz CT molecular complexity index is 830. The van der Waals surface area contributed by atoms with Gasteiger partial charge in [0, 0.05) is 25.7 Å². The van der Waals surface area contributed by atoms with E-state index in [1.165, 1.54) is 5.56 Å². The summed E-state index contributed by atoms with van der Waals surface area (Å²) in [6.45, 7) is 5.67. The Hall–Kier alpha value is -2.16. The van der Waals surface area contributed by atoms with Gasteiger partial charge in [0.25, 0.3) is 0 Å². The van der Waals surface area contributed by atoms with Crippen LogP contribution in [0.1, 0.15) is 31.3 Å². The summed E-state index contributed by atoms with van der Waals surface area (Å²) in [4.78, 5) is 4.67. The van der Waals surface area contributed by atoms with Gasteiger partial charge in [0.05, 0.1) is 6.04 Å². The molecule has 3 aromatic rings. The van der Waals surface area contributed by atoms with Crippen LogP contribution in [0.25, 0.3) is 5.65 Å². The molecule has 7 heteroatoms. The second-order valence-electron chi connectivity index (χ2n) is 5.83. The van der Waals surface area contributed by atoms with Gasteiger partial charge < -0.3 is 10.6 Å². The summed E-state index contributed by atoms with van der Waals surface area (Å²) in [5, 5.41) is 15.2. The molecular formula is C19H25IN6. The number of halogens is 1. The van der Waals surface area contributed by atoms with Crippen LogP contribution in [0.2, 0.25) is 0 Å². The van der Waals surface area contributed by atoms with E-state index >= 15 is 0 Å². The van der Waals surface area contributed by atoms with Gasteiger partial charge in [-0.3, -0.25) is 9.39 Å². The Balaban J connectivity index is 0.00000243. The van der Waals surface area contributed by atoms with Crippen LogP contribution < -0.4 is 10.6 Å². The van der Waals surface area contributed by atoms with Crippen molar-refractivity contribution in [3.8, 4) is 0 Å². The lowest BCUT2D eigenvalue weighted by Crippen LogP contribution is -2.38. The van der Waals surface area contributed by atoms with Crippen molar-refractivity contribution in [3.05, 3.63) is 66.1 Å². The van der Waals surface area contributed by atoms with Gasteiger partial charge in [-0.2, -0.15) is 0 Å². The lowest BCUT2D eigenvalue weighted by Gasteiger charge is -2.18. The number of rotatable bonds is 6. The highest BCUT2D eigenvalue weighted by atomic mass is 127. The van der Waals surface area contributed by atoms with E-state index in [-0.39, 0.29) is 30.0 Å². The number of aromatic nitrogens is 3. The first-order chi connectivity index (χ1) is 12.3. The summed E-state index contributed by atoms with van der Waals surface area (Å²) >= 11 is 0. The molecule has 0 spiro atoms. The fourth-order valence-electron chi connectivity index (χ4n) is 2.68. The zero-order valence-electron chi connectivity index (χ0n) is 15.1. The molecule has 2 aromatic heterocycles. The van der Waals surface area contributed by atoms with E-state index in [4.69, 9.17) is 0 Å². The third kappa shape index (κ3) is 5.17. The fraction of sp³-hybridized carbons (Fsp3) is 0.316. The van der Waals surface area contributed by atoms with Crippen molar-refractivity contribution in [1.82, 2.24) is 25.2 Å². The highest BCUT2D eigenvalue weighted by Gasteiger charge is 2.08. The minimum Gasteiger partial charge on any atom is -0.357 e. The minimum atomic E-state index is 0. The van der Waals surface area contributed by atoms with Crippen molar-refractivity contribution < 1.29 is 0 Å². The Morgan fingerprint density at radius 3 is 2.65 bits per heavy atom. The standard InChI is InChI=1S/C19H24N6.HI/c1-3-20-19(22-15(2)16-9-5-4-6-10-16)21-13-12-18-24-23-17-11-7-8-14-25(17)18;/h4-11,14-15H,3,12-13H2,1-2H3,(H2,20,21,22);1H. The quantitative estimate of drug-likeness (QED) is 0.334. The molecule has 1 aromatic carbocycles. The number of nitrogens with one attached hydrogen (secondary N) is 2. The van der Waals surface area contributed by atoms with Gasteiger partial charge in [-0.1, -0.05) is 36.4 Å². The second-order valence-corrected chi connectivity index (χ2v) is 5.83. The molecule has 0 radical (unpaired) electrons. The number of hydrogen-bond acceptors (Lipinski definition) is 3. The minimum absolute atomic E-state index is 0. The molecule has 6 nitrogen and oxygen atoms in total. The molecule has 0 bridgehead atoms. The molecule has 0 saturated carbocycles. The van der Waals surface area contributed by atoms with Crippen LogP contribution in [0.15, 0.2) is 59.7 Å². The van der Waals surface area contributed by atoms with Gasteiger partial charge in [-0.25, -0.2) is 0 Å². The van der Waals surface area contributed by atoms with Crippen LogP contribution in [0, 0.1) is 0 Å². The van der Waals surface area contributed by atoms with Crippen molar-refractivity contribution >= 4 is 35.6 Å². The van der Waals surface area contributed by atoms with Crippen molar-refractivity contribution in [3.63, 3.8) is 0 Å². The van der Waals surface area contributed by atoms with Crippen molar-refractivity contribution in [2.45, 2.75) is 26.3 Å². The maximum atomic E-state index is 4.67. The molecule has 3 rings (SSSR count). The Morgan fingerprint density at radius 2 is 1.88 bits per heavy atom. The average Bonchev–Trinajstić information content (AvgIpc) is 3.06. The van der Waals surface area contributed by atoms with E-state index in [1.807, 2.05) is 47.0 Å². The van der Waals surface area contributed by atoms with Crippen molar-refractivity contribution in [2.75, 3.05) is 13.1 Å². The van der Waals surface area contributed by atoms with Crippen molar-refractivity contribution in [1.29, 1.82) is 0 Å². The largest absolute Gasteiger partial charge is 0.357 e. The van der Waals surface area contributed by atoms with Crippen LogP contribution >= 0.6 is 24.0 Å². The SMILES string of the molecule is CCNC(=NCCc1nnc2ccccn12)NC(C)c1ccccc1.I. The predicted molar refractivity (Wildman–Crippen MR) is 116 cm³/mol. The van der Waals surface area contributed by atoms with E-state index in [1.54, 1.807) is 0 Å². The van der Waals surface area contributed by atoms with Gasteiger partial charge in [-0.15, -0.1) is 34.2 Å². The molecule has 2 N–H and O–H groups in total. The number of pyridine rings is 1. The molecule has 0 aliphatic heterocycles. The van der Waals surface area contributed by atoms with Crippen LogP contribution in [-0.2, 0) is 6.42 Å². The number of aliphatic imine (C=N–C) groups is 1. The molecule has 0 aliphatic carbocycles. The Labute approximate surface area is 171 Å². The zero-order valence-corrected chi connectivity index (χ0v) is 17.4. The highest BCUT2D eigenvalue weighted by Crippen LogP contribution is 2.10. The molecule has 0 amide bonds. The first-order valence-electron chi connectivity index (χ1n) is 8.66. The van der Waals surface area contributed by atoms with Crippen LogP contribution in [0.5, 0.6) is 0 Å². The molecule has 0 aliphatic rings. The van der Waals surface area contributed by atoms with E-state index in [0.717, 1.165) is 30.4 Å². The monoisotopic (exact) mass is 464 g/mol. The molecule has 1 atom stereocenters. The van der Waals surface area contributed by atoms with Gasteiger partial charge in [0.1, 0.15) is 5.82 Å². The molecule has 0 fully saturated rings. The second kappa shape index (κ2) is 10.1. The third-order valence-electron chi connectivity index (χ3n) is 3.99. The lowest BCUT2D eigenvalue weighted by molar-refractivity contribution is 0.685. The summed E-state index contributed by atoms with van der Waals surface area (Å²) in [5.74, 6) is 1.74. The van der Waals surface area contributed by atoms with Gasteiger partial charge >= 0.3 is 0 Å². The molecule has 1 unspecified atom stereocenters. The molecule has 0 saturated heterocycles. The Morgan fingerprint density at radius 1 is 1.12 bits per heavy atom. The summed E-state index contributed by atoms with van der Waals surface area (Å²) in [7, 11) is 0. The third-order valence-corrected chi connectivity index (χ3v) is 3.99. The Kier molecular flexibility index (Phi) is 7.83. The van der Waals surface area contributed by atoms with Gasteiger partial charge in [0.15, 0.2) is 11.6 Å². The number of hydrogen-bond donors (Lipinski definition) is 2. The van der Waals surface area contributed by atoms with E-state index in [9.17, 15) is 0 Å². The zero-order chi connectivity index (χ0) is 17.5. The normalized spacial score (nSPS) is 12.5. The summed E-state index contributed by atoms with van der Waals surface area (Å²) in [6, 6.07) is 16.4. The van der Waals surface area contributed by atoms with Crippen LogP contribution in [0.4, 0.5) is 0 Å². The maximum absolute atomic E-state index is 4.67. The van der Waals surface area contributed by atoms with Crippen LogP contribution in [-0.4, -0.2) is 33.6 Å². The lowest BCUT2D eigenvalue weighted by atomic mass is 10.1. The van der Waals surface area contributed by atoms with E-state index in [0.29, 0.717) is 6.54 Å². The fourth-order valence-corrected chi connectivity index (χ4v) is 2.68. The maximum Gasteiger partial charge on any atom is 0.191 e. The number of guanidine groups is 1. The topological polar surface area (TPSA) is 66.6 Å². The summed E-state index contributed by atoms with van der Waals surface area (Å²) < 4.78 is 2.00. The van der Waals surface area contributed by atoms with E-state index < -0.39 is 0 Å². The summed E-state index contributed by atoms with van der Waals surface area (Å²) in [6.07, 6.45) is 2.72. The number of fused-ring (bicyclic) bond motifs is 1. The smallest absolute Gasteiger partial charge is 0.191 e. The predicted octanol–water partition coefficient (Wildman–Crippen LogP) is 3.21. The molecular weight excluding hydrogens is 439 g/mol. The first-order valence-corrected chi connectivity index (χ1v) is 8.66. The molecule has 26 heavy (non-hydrogen) atoms. The molecule has 138 valence electrons. The highest BCUT2D eigenvalue weighted by molar-refractivity contribution is 14.0. The molecule has 2 heterocycles. The van der Waals surface area contributed by atoms with E-state index in [2.05, 4.69) is 51.8 Å². The summed E-state index contributed by atoms with van der Waals surface area (Å²) in [5.41, 5.74) is 2.10. The number of benzene rings is 1. The van der Waals surface area contributed by atoms with Crippen LogP contribution in [0.3, 0.4) is 0 Å². The number of nitrogens with zero attached hydrogens (tertiary/aromatic N) is 4. The average molecular weight is 464 g/mol. The van der Waals surface area contributed by atoms with Crippen molar-refractivity contribution in [2.24, 2.45) is 4.99 Å².